The predicted molar refractivity (Wildman–Crippen MR) is 136 cm³/mol. The lowest BCUT2D eigenvalue weighted by Gasteiger charge is -2.37. The summed E-state index contributed by atoms with van der Waals surface area (Å²) < 4.78 is 6.09. The second-order valence-corrected chi connectivity index (χ2v) is 9.80. The molecule has 176 valence electrons. The summed E-state index contributed by atoms with van der Waals surface area (Å²) in [6.07, 6.45) is -0.780. The van der Waals surface area contributed by atoms with Gasteiger partial charge in [0.05, 0.1) is 17.7 Å². The molecule has 3 aromatic rings. The van der Waals surface area contributed by atoms with E-state index in [1.54, 1.807) is 0 Å². The molecule has 0 heterocycles. The molecule has 2 N–H and O–H groups in total. The van der Waals surface area contributed by atoms with Crippen molar-refractivity contribution in [2.45, 2.75) is 52.5 Å². The zero-order valence-corrected chi connectivity index (χ0v) is 20.6. The molecule has 0 amide bonds. The molecule has 0 aliphatic rings. The highest BCUT2D eigenvalue weighted by Crippen LogP contribution is 2.30. The SMILES string of the molecule is Cc1c(COc2ccc(CN(CC(O)CO)C(C)(C)C)cc2Cl)cccc1-c1ccccc1. The Morgan fingerprint density at radius 2 is 1.73 bits per heavy atom. The third-order valence-corrected chi connectivity index (χ3v) is 6.17. The molecule has 5 heteroatoms. The van der Waals surface area contributed by atoms with E-state index in [-0.39, 0.29) is 12.1 Å². The van der Waals surface area contributed by atoms with Crippen molar-refractivity contribution in [2.24, 2.45) is 0 Å². The minimum atomic E-state index is -0.780. The van der Waals surface area contributed by atoms with Crippen molar-refractivity contribution < 1.29 is 14.9 Å². The minimum Gasteiger partial charge on any atom is -0.487 e. The van der Waals surface area contributed by atoms with Gasteiger partial charge in [0.1, 0.15) is 12.4 Å². The second kappa shape index (κ2) is 11.2. The second-order valence-electron chi connectivity index (χ2n) is 9.40. The Bertz CT molecular complexity index is 1050. The van der Waals surface area contributed by atoms with Crippen LogP contribution in [0.15, 0.2) is 66.7 Å². The summed E-state index contributed by atoms with van der Waals surface area (Å²) in [5, 5.41) is 19.7. The molecule has 3 rings (SSSR count). The maximum absolute atomic E-state index is 9.92. The minimum absolute atomic E-state index is 0.168. The number of nitrogens with zero attached hydrogens (tertiary/aromatic N) is 1. The third kappa shape index (κ3) is 6.81. The van der Waals surface area contributed by atoms with E-state index < -0.39 is 6.10 Å². The number of hydrogen-bond donors (Lipinski definition) is 2. The first-order valence-corrected chi connectivity index (χ1v) is 11.7. The number of aliphatic hydroxyl groups is 2. The van der Waals surface area contributed by atoms with Crippen LogP contribution in [0, 0.1) is 6.92 Å². The zero-order chi connectivity index (χ0) is 24.0. The van der Waals surface area contributed by atoms with Crippen LogP contribution in [0.1, 0.15) is 37.5 Å². The van der Waals surface area contributed by atoms with Crippen LogP contribution in [0.25, 0.3) is 11.1 Å². The molecule has 4 nitrogen and oxygen atoms in total. The summed E-state index contributed by atoms with van der Waals surface area (Å²) in [5.74, 6) is 0.641. The first-order chi connectivity index (χ1) is 15.7. The number of aliphatic hydroxyl groups excluding tert-OH is 2. The fourth-order valence-electron chi connectivity index (χ4n) is 3.79. The molecule has 0 saturated carbocycles. The Morgan fingerprint density at radius 1 is 1.00 bits per heavy atom. The molecule has 0 fully saturated rings. The molecule has 0 aliphatic heterocycles. The highest BCUT2D eigenvalue weighted by atomic mass is 35.5. The van der Waals surface area contributed by atoms with Crippen molar-refractivity contribution >= 4 is 11.6 Å². The van der Waals surface area contributed by atoms with Gasteiger partial charge in [0.15, 0.2) is 0 Å². The Hall–Kier alpha value is -2.37. The third-order valence-electron chi connectivity index (χ3n) is 5.87. The molecule has 1 atom stereocenters. The van der Waals surface area contributed by atoms with Crippen molar-refractivity contribution in [2.75, 3.05) is 13.2 Å². The molecule has 1 unspecified atom stereocenters. The molecule has 0 aromatic heterocycles. The Kier molecular flexibility index (Phi) is 8.55. The smallest absolute Gasteiger partial charge is 0.138 e. The molecular weight excluding hydrogens is 434 g/mol. The monoisotopic (exact) mass is 467 g/mol. The summed E-state index contributed by atoms with van der Waals surface area (Å²) in [7, 11) is 0. The van der Waals surface area contributed by atoms with Crippen LogP contribution in [0.5, 0.6) is 5.75 Å². The van der Waals surface area contributed by atoms with E-state index in [1.165, 1.54) is 16.7 Å². The van der Waals surface area contributed by atoms with E-state index in [9.17, 15) is 10.2 Å². The van der Waals surface area contributed by atoms with Gasteiger partial charge in [-0.3, -0.25) is 4.90 Å². The first-order valence-electron chi connectivity index (χ1n) is 11.3. The van der Waals surface area contributed by atoms with Crippen LogP contribution in [-0.2, 0) is 13.2 Å². The fraction of sp³-hybridized carbons (Fsp3) is 0.357. The molecule has 0 saturated heterocycles. The van der Waals surface area contributed by atoms with Crippen LogP contribution < -0.4 is 4.74 Å². The Morgan fingerprint density at radius 3 is 2.36 bits per heavy atom. The number of benzene rings is 3. The average molecular weight is 468 g/mol. The summed E-state index contributed by atoms with van der Waals surface area (Å²) in [6.45, 7) is 9.54. The normalized spacial score (nSPS) is 12.7. The van der Waals surface area contributed by atoms with Crippen molar-refractivity contribution in [3.8, 4) is 16.9 Å². The molecule has 0 radical (unpaired) electrons. The Labute approximate surface area is 202 Å². The lowest BCUT2D eigenvalue weighted by atomic mass is 9.97. The molecule has 3 aromatic carbocycles. The molecular formula is C28H34ClNO3. The number of halogens is 1. The highest BCUT2D eigenvalue weighted by Gasteiger charge is 2.24. The van der Waals surface area contributed by atoms with Crippen LogP contribution >= 0.6 is 11.6 Å². The highest BCUT2D eigenvalue weighted by molar-refractivity contribution is 6.32. The van der Waals surface area contributed by atoms with Gasteiger partial charge < -0.3 is 14.9 Å². The van der Waals surface area contributed by atoms with Crippen LogP contribution in [0.3, 0.4) is 0 Å². The maximum Gasteiger partial charge on any atom is 0.138 e. The van der Waals surface area contributed by atoms with Crippen LogP contribution in [0.4, 0.5) is 0 Å². The van der Waals surface area contributed by atoms with E-state index >= 15 is 0 Å². The average Bonchev–Trinajstić information content (AvgIpc) is 2.78. The quantitative estimate of drug-likeness (QED) is 0.414. The van der Waals surface area contributed by atoms with E-state index in [2.05, 4.69) is 62.9 Å². The number of hydrogen-bond acceptors (Lipinski definition) is 4. The number of rotatable bonds is 9. The van der Waals surface area contributed by atoms with Gasteiger partial charge >= 0.3 is 0 Å². The van der Waals surface area contributed by atoms with Gasteiger partial charge in [0.25, 0.3) is 0 Å². The van der Waals surface area contributed by atoms with Gasteiger partial charge in [0, 0.05) is 18.6 Å². The lowest BCUT2D eigenvalue weighted by Crippen LogP contribution is -2.45. The van der Waals surface area contributed by atoms with E-state index in [1.807, 2.05) is 36.4 Å². The first kappa shape index (κ1) is 25.3. The molecule has 0 bridgehead atoms. The summed E-state index contributed by atoms with van der Waals surface area (Å²) in [4.78, 5) is 2.12. The van der Waals surface area contributed by atoms with Crippen LogP contribution in [0.2, 0.25) is 5.02 Å². The van der Waals surface area contributed by atoms with Crippen molar-refractivity contribution in [1.82, 2.24) is 4.90 Å². The maximum atomic E-state index is 9.92. The van der Waals surface area contributed by atoms with Gasteiger partial charge in [-0.2, -0.15) is 0 Å². The molecule has 0 aliphatic carbocycles. The summed E-state index contributed by atoms with van der Waals surface area (Å²) >= 11 is 6.56. The van der Waals surface area contributed by atoms with Crippen molar-refractivity contribution in [3.63, 3.8) is 0 Å². The van der Waals surface area contributed by atoms with Crippen LogP contribution in [-0.4, -0.2) is 39.9 Å². The van der Waals surface area contributed by atoms with E-state index in [4.69, 9.17) is 16.3 Å². The van der Waals surface area contributed by atoms with Gasteiger partial charge in [-0.1, -0.05) is 66.2 Å². The van der Waals surface area contributed by atoms with Gasteiger partial charge in [0.2, 0.25) is 0 Å². The van der Waals surface area contributed by atoms with E-state index in [0.29, 0.717) is 30.5 Å². The van der Waals surface area contributed by atoms with Gasteiger partial charge in [-0.05, 0) is 67.6 Å². The van der Waals surface area contributed by atoms with Crippen molar-refractivity contribution in [1.29, 1.82) is 0 Å². The largest absolute Gasteiger partial charge is 0.487 e. The number of β-amino-alcohol motifs (C(OH)–C–C–N with tert-alkyl or cyclic N) is 1. The van der Waals surface area contributed by atoms with Crippen molar-refractivity contribution in [3.05, 3.63) is 88.4 Å². The Balaban J connectivity index is 1.71. The standard InChI is InChI=1S/C28H34ClNO3/c1-20-23(11-8-12-25(20)22-9-6-5-7-10-22)19-33-27-14-13-21(15-26(27)29)16-30(28(2,3)4)17-24(32)18-31/h5-15,24,31-32H,16-19H2,1-4H3. The lowest BCUT2D eigenvalue weighted by molar-refractivity contribution is 0.0226. The van der Waals surface area contributed by atoms with E-state index in [0.717, 1.165) is 11.1 Å². The zero-order valence-electron chi connectivity index (χ0n) is 19.9. The van der Waals surface area contributed by atoms with Gasteiger partial charge in [-0.15, -0.1) is 0 Å². The number of ether oxygens (including phenoxy) is 1. The predicted octanol–water partition coefficient (Wildman–Crippen LogP) is 5.85. The summed E-state index contributed by atoms with van der Waals surface area (Å²) in [6, 6.07) is 22.4. The molecule has 0 spiro atoms. The van der Waals surface area contributed by atoms with Gasteiger partial charge in [-0.25, -0.2) is 0 Å². The summed E-state index contributed by atoms with van der Waals surface area (Å²) in [5.41, 5.74) is 5.56. The topological polar surface area (TPSA) is 52.9 Å². The fourth-order valence-corrected chi connectivity index (χ4v) is 4.05. The molecule has 33 heavy (non-hydrogen) atoms.